The van der Waals surface area contributed by atoms with Crippen molar-refractivity contribution in [2.45, 2.75) is 6.42 Å². The van der Waals surface area contributed by atoms with E-state index >= 15 is 0 Å². The van der Waals surface area contributed by atoms with Gasteiger partial charge in [-0.25, -0.2) is 9.97 Å². The highest BCUT2D eigenvalue weighted by molar-refractivity contribution is 6.33. The van der Waals surface area contributed by atoms with Gasteiger partial charge in [0.1, 0.15) is 18.0 Å². The molecule has 0 atom stereocenters. The summed E-state index contributed by atoms with van der Waals surface area (Å²) in [5.41, 5.74) is 1.15. The van der Waals surface area contributed by atoms with E-state index in [2.05, 4.69) is 42.1 Å². The van der Waals surface area contributed by atoms with Crippen LogP contribution in [0.2, 0.25) is 5.02 Å². The summed E-state index contributed by atoms with van der Waals surface area (Å²) in [7, 11) is 0. The van der Waals surface area contributed by atoms with Crippen molar-refractivity contribution in [3.8, 4) is 0 Å². The van der Waals surface area contributed by atoms with Crippen LogP contribution in [0.4, 0.5) is 17.3 Å². The Kier molecular flexibility index (Phi) is 7.03. The molecule has 156 valence electrons. The molecule has 4 rings (SSSR count). The van der Waals surface area contributed by atoms with E-state index in [9.17, 15) is 0 Å². The molecule has 0 unspecified atom stereocenters. The van der Waals surface area contributed by atoms with Crippen LogP contribution in [-0.2, 0) is 4.74 Å². The Morgan fingerprint density at radius 3 is 2.55 bits per heavy atom. The van der Waals surface area contributed by atoms with Gasteiger partial charge in [0, 0.05) is 51.9 Å². The SMILES string of the molecule is Clc1ccccc1N1CCN(CCCNc2cc(N3CCOCC3)ncn2)CC1. The summed E-state index contributed by atoms with van der Waals surface area (Å²) in [6, 6.07) is 10.1. The molecule has 0 saturated carbocycles. The van der Waals surface area contributed by atoms with Crippen LogP contribution in [0.25, 0.3) is 0 Å². The second-order valence-electron chi connectivity index (χ2n) is 7.42. The van der Waals surface area contributed by atoms with Crippen LogP contribution < -0.4 is 15.1 Å². The van der Waals surface area contributed by atoms with Gasteiger partial charge in [0.2, 0.25) is 0 Å². The number of piperazine rings is 1. The molecule has 0 radical (unpaired) electrons. The number of nitrogens with zero attached hydrogens (tertiary/aromatic N) is 5. The highest BCUT2D eigenvalue weighted by Gasteiger charge is 2.18. The molecule has 29 heavy (non-hydrogen) atoms. The summed E-state index contributed by atoms with van der Waals surface area (Å²) >= 11 is 6.33. The number of hydrogen-bond donors (Lipinski definition) is 1. The Labute approximate surface area is 177 Å². The normalized spacial score (nSPS) is 18.1. The first-order valence-corrected chi connectivity index (χ1v) is 10.8. The maximum atomic E-state index is 6.33. The molecule has 2 aliphatic rings. The van der Waals surface area contributed by atoms with Gasteiger partial charge in [-0.1, -0.05) is 23.7 Å². The summed E-state index contributed by atoms with van der Waals surface area (Å²) in [6.45, 7) is 9.47. The summed E-state index contributed by atoms with van der Waals surface area (Å²) in [5.74, 6) is 1.87. The third-order valence-electron chi connectivity index (χ3n) is 5.51. The molecular formula is C21H29ClN6O. The molecule has 2 fully saturated rings. The molecule has 8 heteroatoms. The minimum absolute atomic E-state index is 0.760. The first-order valence-electron chi connectivity index (χ1n) is 10.4. The molecule has 1 aromatic carbocycles. The van der Waals surface area contributed by atoms with Crippen molar-refractivity contribution in [3.63, 3.8) is 0 Å². The van der Waals surface area contributed by atoms with Crippen LogP contribution in [0.5, 0.6) is 0 Å². The van der Waals surface area contributed by atoms with E-state index in [-0.39, 0.29) is 0 Å². The third-order valence-corrected chi connectivity index (χ3v) is 5.83. The topological polar surface area (TPSA) is 56.8 Å². The summed E-state index contributed by atoms with van der Waals surface area (Å²) in [5, 5.41) is 4.28. The Hall–Kier alpha value is -2.09. The van der Waals surface area contributed by atoms with Crippen molar-refractivity contribution in [2.24, 2.45) is 0 Å². The third kappa shape index (κ3) is 5.50. The maximum absolute atomic E-state index is 6.33. The number of rotatable bonds is 7. The van der Waals surface area contributed by atoms with Crippen LogP contribution >= 0.6 is 11.6 Å². The van der Waals surface area contributed by atoms with Gasteiger partial charge >= 0.3 is 0 Å². The Morgan fingerprint density at radius 1 is 0.966 bits per heavy atom. The molecular weight excluding hydrogens is 388 g/mol. The molecule has 2 aromatic rings. The minimum atomic E-state index is 0.760. The lowest BCUT2D eigenvalue weighted by Crippen LogP contribution is -2.46. The van der Waals surface area contributed by atoms with Crippen LogP contribution in [0, 0.1) is 0 Å². The zero-order valence-electron chi connectivity index (χ0n) is 16.8. The fourth-order valence-corrected chi connectivity index (χ4v) is 4.10. The summed E-state index contributed by atoms with van der Waals surface area (Å²) in [6.07, 6.45) is 2.73. The van der Waals surface area contributed by atoms with Gasteiger partial charge < -0.3 is 19.9 Å². The number of ether oxygens (including phenoxy) is 1. The fourth-order valence-electron chi connectivity index (χ4n) is 3.85. The highest BCUT2D eigenvalue weighted by Crippen LogP contribution is 2.26. The van der Waals surface area contributed by atoms with Crippen LogP contribution in [0.1, 0.15) is 6.42 Å². The number of para-hydroxylation sites is 1. The van der Waals surface area contributed by atoms with Gasteiger partial charge in [-0.2, -0.15) is 0 Å². The largest absolute Gasteiger partial charge is 0.378 e. The lowest BCUT2D eigenvalue weighted by molar-refractivity contribution is 0.122. The molecule has 0 bridgehead atoms. The number of nitrogens with one attached hydrogen (secondary N) is 1. The van der Waals surface area contributed by atoms with Crippen LogP contribution in [-0.4, -0.2) is 80.4 Å². The molecule has 3 heterocycles. The van der Waals surface area contributed by atoms with Gasteiger partial charge in [0.15, 0.2) is 0 Å². The number of aromatic nitrogens is 2. The van der Waals surface area contributed by atoms with Crippen molar-refractivity contribution in [1.29, 1.82) is 0 Å². The van der Waals surface area contributed by atoms with Gasteiger partial charge in [-0.15, -0.1) is 0 Å². The van der Waals surface area contributed by atoms with E-state index in [0.29, 0.717) is 0 Å². The maximum Gasteiger partial charge on any atom is 0.134 e. The summed E-state index contributed by atoms with van der Waals surface area (Å²) in [4.78, 5) is 15.9. The number of halogens is 1. The van der Waals surface area contributed by atoms with Gasteiger partial charge in [0.05, 0.1) is 23.9 Å². The fraction of sp³-hybridized carbons (Fsp3) is 0.524. The van der Waals surface area contributed by atoms with E-state index < -0.39 is 0 Å². The number of benzene rings is 1. The van der Waals surface area contributed by atoms with Crippen molar-refractivity contribution in [3.05, 3.63) is 41.7 Å². The Morgan fingerprint density at radius 2 is 1.76 bits per heavy atom. The van der Waals surface area contributed by atoms with Gasteiger partial charge in [0.25, 0.3) is 0 Å². The average molecular weight is 417 g/mol. The zero-order chi connectivity index (χ0) is 19.9. The van der Waals surface area contributed by atoms with Crippen LogP contribution in [0.15, 0.2) is 36.7 Å². The average Bonchev–Trinajstić information content (AvgIpc) is 2.78. The van der Waals surface area contributed by atoms with Crippen LogP contribution in [0.3, 0.4) is 0 Å². The smallest absolute Gasteiger partial charge is 0.134 e. The monoisotopic (exact) mass is 416 g/mol. The first kappa shape index (κ1) is 20.2. The van der Waals surface area contributed by atoms with E-state index in [4.69, 9.17) is 16.3 Å². The van der Waals surface area contributed by atoms with E-state index in [1.54, 1.807) is 6.33 Å². The second-order valence-corrected chi connectivity index (χ2v) is 7.83. The number of anilines is 3. The highest BCUT2D eigenvalue weighted by atomic mass is 35.5. The molecule has 2 saturated heterocycles. The lowest BCUT2D eigenvalue weighted by Gasteiger charge is -2.36. The summed E-state index contributed by atoms with van der Waals surface area (Å²) < 4.78 is 5.41. The number of morpholine rings is 1. The molecule has 1 aromatic heterocycles. The van der Waals surface area contributed by atoms with E-state index in [1.807, 2.05) is 18.2 Å². The van der Waals surface area contributed by atoms with E-state index in [0.717, 1.165) is 94.3 Å². The zero-order valence-corrected chi connectivity index (χ0v) is 17.5. The van der Waals surface area contributed by atoms with Crippen molar-refractivity contribution in [1.82, 2.24) is 14.9 Å². The lowest BCUT2D eigenvalue weighted by atomic mass is 10.2. The number of hydrogen-bond acceptors (Lipinski definition) is 7. The molecule has 1 N–H and O–H groups in total. The minimum Gasteiger partial charge on any atom is -0.378 e. The Bertz CT molecular complexity index is 777. The van der Waals surface area contributed by atoms with Crippen molar-refractivity contribution < 1.29 is 4.74 Å². The molecule has 0 spiro atoms. The second kappa shape index (κ2) is 10.1. The molecule has 7 nitrogen and oxygen atoms in total. The molecule has 0 aliphatic carbocycles. The standard InChI is InChI=1S/C21H29ClN6O/c22-18-4-1-2-5-19(18)27-10-8-26(9-11-27)7-3-6-23-20-16-21(25-17-24-20)28-12-14-29-15-13-28/h1-2,4-5,16-17H,3,6-15H2,(H,23,24,25). The molecule has 0 amide bonds. The van der Waals surface area contributed by atoms with Crippen molar-refractivity contribution in [2.75, 3.05) is 80.7 Å². The predicted molar refractivity (Wildman–Crippen MR) is 118 cm³/mol. The Balaban J connectivity index is 1.17. The van der Waals surface area contributed by atoms with Gasteiger partial charge in [-0.3, -0.25) is 4.90 Å². The predicted octanol–water partition coefficient (Wildman–Crippen LogP) is 2.59. The van der Waals surface area contributed by atoms with Gasteiger partial charge in [-0.05, 0) is 25.1 Å². The molecule has 2 aliphatic heterocycles. The quantitative estimate of drug-likeness (QED) is 0.696. The van der Waals surface area contributed by atoms with Crippen molar-refractivity contribution >= 4 is 28.9 Å². The first-order chi connectivity index (χ1) is 14.3. The van der Waals surface area contributed by atoms with E-state index in [1.165, 1.54) is 0 Å².